The second-order valence-electron chi connectivity index (χ2n) is 4.36. The average molecular weight is 219 g/mol. The summed E-state index contributed by atoms with van der Waals surface area (Å²) in [6.45, 7) is 2.13. The molecule has 1 aliphatic carbocycles. The summed E-state index contributed by atoms with van der Waals surface area (Å²) in [5, 5.41) is 2.40. The number of imide groups is 1. The van der Waals surface area contributed by atoms with Crippen molar-refractivity contribution in [3.05, 3.63) is 22.8 Å². The van der Waals surface area contributed by atoms with Crippen LogP contribution in [0.5, 0.6) is 0 Å². The Morgan fingerprint density at radius 1 is 1.25 bits per heavy atom. The summed E-state index contributed by atoms with van der Waals surface area (Å²) in [5.74, 6) is -0.369. The van der Waals surface area contributed by atoms with E-state index in [0.29, 0.717) is 11.1 Å². The van der Waals surface area contributed by atoms with Crippen molar-refractivity contribution in [2.45, 2.75) is 45.4 Å². The molecule has 1 N–H and O–H groups in total. The highest BCUT2D eigenvalue weighted by molar-refractivity contribution is 6.21. The number of carbonyl (C=O) groups is 2. The molecule has 16 heavy (non-hydrogen) atoms. The first-order valence-electron chi connectivity index (χ1n) is 6.02. The minimum atomic E-state index is -0.192. The highest BCUT2D eigenvalue weighted by atomic mass is 16.2. The fourth-order valence-electron chi connectivity index (χ4n) is 2.14. The zero-order chi connectivity index (χ0) is 11.5. The van der Waals surface area contributed by atoms with E-state index in [1.165, 1.54) is 0 Å². The first-order chi connectivity index (χ1) is 7.74. The Bertz CT molecular complexity index is 391. The molecule has 1 heterocycles. The van der Waals surface area contributed by atoms with Gasteiger partial charge in [-0.15, -0.1) is 0 Å². The Labute approximate surface area is 95.6 Å². The van der Waals surface area contributed by atoms with E-state index in [-0.39, 0.29) is 11.8 Å². The smallest absolute Gasteiger partial charge is 0.258 e. The molecule has 2 aliphatic rings. The van der Waals surface area contributed by atoms with Crippen molar-refractivity contribution in [2.75, 3.05) is 0 Å². The number of nitrogens with one attached hydrogen (secondary N) is 1. The van der Waals surface area contributed by atoms with Crippen molar-refractivity contribution in [3.8, 4) is 0 Å². The normalized spacial score (nSPS) is 19.7. The van der Waals surface area contributed by atoms with Crippen LogP contribution in [-0.2, 0) is 9.59 Å². The molecule has 0 aromatic carbocycles. The van der Waals surface area contributed by atoms with E-state index in [9.17, 15) is 9.59 Å². The second-order valence-corrected chi connectivity index (χ2v) is 4.36. The van der Waals surface area contributed by atoms with E-state index < -0.39 is 0 Å². The van der Waals surface area contributed by atoms with Gasteiger partial charge in [-0.2, -0.15) is 0 Å². The van der Waals surface area contributed by atoms with Gasteiger partial charge in [0.15, 0.2) is 0 Å². The van der Waals surface area contributed by atoms with Crippen LogP contribution in [0.2, 0.25) is 0 Å². The number of unbranched alkanes of at least 4 members (excludes halogenated alkanes) is 2. The molecule has 0 aromatic heterocycles. The van der Waals surface area contributed by atoms with E-state index in [4.69, 9.17) is 0 Å². The summed E-state index contributed by atoms with van der Waals surface area (Å²) in [6.07, 6.45) is 7.97. The third kappa shape index (κ3) is 1.94. The number of rotatable bonds is 5. The minimum Gasteiger partial charge on any atom is -0.288 e. The summed E-state index contributed by atoms with van der Waals surface area (Å²) >= 11 is 0. The Morgan fingerprint density at radius 2 is 2.00 bits per heavy atom. The van der Waals surface area contributed by atoms with Crippen molar-refractivity contribution < 1.29 is 9.59 Å². The van der Waals surface area contributed by atoms with Crippen LogP contribution in [0.3, 0.4) is 0 Å². The highest BCUT2D eigenvalue weighted by Crippen LogP contribution is 2.32. The molecule has 2 rings (SSSR count). The number of carbonyl (C=O) groups excluding carboxylic acids is 2. The monoisotopic (exact) mass is 219 g/mol. The number of hydrogen-bond acceptors (Lipinski definition) is 2. The van der Waals surface area contributed by atoms with Crippen LogP contribution in [0.25, 0.3) is 0 Å². The Morgan fingerprint density at radius 3 is 2.56 bits per heavy atom. The van der Waals surface area contributed by atoms with Crippen LogP contribution >= 0.6 is 0 Å². The minimum absolute atomic E-state index is 0.177. The molecule has 0 saturated heterocycles. The number of hydrogen-bond donors (Lipinski definition) is 1. The molecule has 1 aliphatic heterocycles. The molecule has 0 bridgehead atoms. The molecule has 0 atom stereocenters. The van der Waals surface area contributed by atoms with Crippen molar-refractivity contribution in [3.63, 3.8) is 0 Å². The molecule has 2 amide bonds. The predicted molar refractivity (Wildman–Crippen MR) is 61.6 cm³/mol. The third-order valence-corrected chi connectivity index (χ3v) is 3.19. The van der Waals surface area contributed by atoms with Crippen molar-refractivity contribution in [2.24, 2.45) is 0 Å². The fraction of sp³-hybridized carbons (Fsp3) is 0.538. The summed E-state index contributed by atoms with van der Waals surface area (Å²) in [6, 6.07) is 0. The maximum absolute atomic E-state index is 11.6. The molecule has 0 saturated carbocycles. The zero-order valence-electron chi connectivity index (χ0n) is 9.64. The second kappa shape index (κ2) is 4.64. The molecule has 0 radical (unpaired) electrons. The third-order valence-electron chi connectivity index (χ3n) is 3.19. The van der Waals surface area contributed by atoms with Gasteiger partial charge >= 0.3 is 0 Å². The van der Waals surface area contributed by atoms with Gasteiger partial charge < -0.3 is 0 Å². The van der Waals surface area contributed by atoms with Gasteiger partial charge in [0.25, 0.3) is 11.8 Å². The van der Waals surface area contributed by atoms with Crippen LogP contribution in [-0.4, -0.2) is 11.8 Å². The molecular weight excluding hydrogens is 202 g/mol. The molecule has 0 fully saturated rings. The lowest BCUT2D eigenvalue weighted by molar-refractivity contribution is -0.124. The zero-order valence-corrected chi connectivity index (χ0v) is 9.64. The first-order valence-corrected chi connectivity index (χ1v) is 6.02. The summed E-state index contributed by atoms with van der Waals surface area (Å²) in [4.78, 5) is 23.2. The average Bonchev–Trinajstić information content (AvgIpc) is 2.42. The lowest BCUT2D eigenvalue weighted by atomic mass is 9.88. The van der Waals surface area contributed by atoms with E-state index in [0.717, 1.165) is 44.1 Å². The summed E-state index contributed by atoms with van der Waals surface area (Å²) in [7, 11) is 0. The van der Waals surface area contributed by atoms with Crippen molar-refractivity contribution >= 4 is 11.8 Å². The van der Waals surface area contributed by atoms with Crippen LogP contribution in [0.4, 0.5) is 0 Å². The van der Waals surface area contributed by atoms with Gasteiger partial charge in [0.1, 0.15) is 0 Å². The predicted octanol–water partition coefficient (Wildman–Crippen LogP) is 2.24. The van der Waals surface area contributed by atoms with Gasteiger partial charge in [-0.05, 0) is 31.3 Å². The summed E-state index contributed by atoms with van der Waals surface area (Å²) < 4.78 is 0. The van der Waals surface area contributed by atoms with Crippen LogP contribution in [0, 0.1) is 0 Å². The summed E-state index contributed by atoms with van der Waals surface area (Å²) in [5.41, 5.74) is 2.45. The maximum atomic E-state index is 11.6. The highest BCUT2D eigenvalue weighted by Gasteiger charge is 2.32. The molecular formula is C13H17NO2. The van der Waals surface area contributed by atoms with Gasteiger partial charge in [0.05, 0.1) is 5.57 Å². The molecule has 0 spiro atoms. The lowest BCUT2D eigenvalue weighted by Gasteiger charge is -2.15. The SMILES string of the molecule is CCCCCC1=C(C2=CCC2)C(=O)NC1=O. The van der Waals surface area contributed by atoms with Gasteiger partial charge in [0.2, 0.25) is 0 Å². The molecule has 0 unspecified atom stereocenters. The van der Waals surface area contributed by atoms with Gasteiger partial charge in [-0.25, -0.2) is 0 Å². The van der Waals surface area contributed by atoms with E-state index in [1.807, 2.05) is 6.08 Å². The molecule has 86 valence electrons. The van der Waals surface area contributed by atoms with Crippen LogP contribution in [0.15, 0.2) is 22.8 Å². The standard InChI is InChI=1S/C13H17NO2/c1-2-3-4-8-10-11(9-6-5-7-9)13(16)14-12(10)15/h6H,2-5,7-8H2,1H3,(H,14,15,16). The van der Waals surface area contributed by atoms with Crippen molar-refractivity contribution in [1.82, 2.24) is 5.32 Å². The Balaban J connectivity index is 2.16. The molecule has 3 heteroatoms. The van der Waals surface area contributed by atoms with Gasteiger partial charge in [0, 0.05) is 5.57 Å². The first kappa shape index (κ1) is 11.1. The quantitative estimate of drug-likeness (QED) is 0.569. The lowest BCUT2D eigenvalue weighted by Crippen LogP contribution is -2.23. The van der Waals surface area contributed by atoms with E-state index in [2.05, 4.69) is 12.2 Å². The largest absolute Gasteiger partial charge is 0.288 e. The van der Waals surface area contributed by atoms with E-state index in [1.54, 1.807) is 0 Å². The van der Waals surface area contributed by atoms with E-state index >= 15 is 0 Å². The van der Waals surface area contributed by atoms with Crippen LogP contribution in [0.1, 0.15) is 45.4 Å². The Hall–Kier alpha value is -1.38. The van der Waals surface area contributed by atoms with Crippen molar-refractivity contribution in [1.29, 1.82) is 0 Å². The maximum Gasteiger partial charge on any atom is 0.258 e. The van der Waals surface area contributed by atoms with Gasteiger partial charge in [-0.1, -0.05) is 25.8 Å². The molecule has 3 nitrogen and oxygen atoms in total. The van der Waals surface area contributed by atoms with Crippen LogP contribution < -0.4 is 5.32 Å². The molecule has 0 aromatic rings. The fourth-order valence-corrected chi connectivity index (χ4v) is 2.14. The number of allylic oxidation sites excluding steroid dienone is 1. The van der Waals surface area contributed by atoms with Gasteiger partial charge in [-0.3, -0.25) is 14.9 Å². The number of amides is 2. The Kier molecular flexibility index (Phi) is 3.22. The topological polar surface area (TPSA) is 46.2 Å².